The third-order valence-corrected chi connectivity index (χ3v) is 7.98. The predicted molar refractivity (Wildman–Crippen MR) is 142 cm³/mol. The van der Waals surface area contributed by atoms with Gasteiger partial charge in [-0.1, -0.05) is 54.1 Å². The highest BCUT2D eigenvalue weighted by atomic mass is 35.5. The van der Waals surface area contributed by atoms with Crippen LogP contribution in [0.2, 0.25) is 5.02 Å². The van der Waals surface area contributed by atoms with Crippen LogP contribution in [-0.2, 0) is 30.9 Å². The largest absolute Gasteiger partial charge is 0.492 e. The Balaban J connectivity index is 1.68. The van der Waals surface area contributed by atoms with Gasteiger partial charge in [-0.25, -0.2) is 13.2 Å². The lowest BCUT2D eigenvalue weighted by molar-refractivity contribution is -0.148. The Morgan fingerprint density at radius 2 is 1.79 bits per heavy atom. The Morgan fingerprint density at radius 3 is 2.47 bits per heavy atom. The van der Waals surface area contributed by atoms with Gasteiger partial charge in [-0.15, -0.1) is 0 Å². The van der Waals surface area contributed by atoms with Gasteiger partial charge in [-0.05, 0) is 42.8 Å². The summed E-state index contributed by atoms with van der Waals surface area (Å²) in [6.07, 6.45) is -1.05. The van der Waals surface area contributed by atoms with Crippen molar-refractivity contribution in [2.75, 3.05) is 31.7 Å². The second-order valence-electron chi connectivity index (χ2n) is 8.39. The second kappa shape index (κ2) is 11.8. The third kappa shape index (κ3) is 5.93. The van der Waals surface area contributed by atoms with Gasteiger partial charge in [-0.3, -0.25) is 4.79 Å². The Labute approximate surface area is 226 Å². The molecule has 200 valence electrons. The molecule has 0 radical (unpaired) electrons. The van der Waals surface area contributed by atoms with Gasteiger partial charge in [0, 0.05) is 6.54 Å². The fourth-order valence-electron chi connectivity index (χ4n) is 4.04. The number of ether oxygens (including phenoxy) is 3. The molecule has 0 bridgehead atoms. The van der Waals surface area contributed by atoms with E-state index < -0.39 is 34.5 Å². The van der Waals surface area contributed by atoms with Crippen LogP contribution in [-0.4, -0.2) is 57.5 Å². The molecule has 38 heavy (non-hydrogen) atoms. The average molecular weight is 559 g/mol. The van der Waals surface area contributed by atoms with Crippen molar-refractivity contribution in [1.29, 1.82) is 0 Å². The van der Waals surface area contributed by atoms with Crippen molar-refractivity contribution in [2.45, 2.75) is 24.5 Å². The van der Waals surface area contributed by atoms with Crippen LogP contribution in [0.1, 0.15) is 12.5 Å². The minimum absolute atomic E-state index is 0.0633. The SMILES string of the molecule is CCOc1ccc(S(=O)(=O)N(CC(=O)N2CC(C(=O)OC)Oc3ccccc32)Cc2ccccc2)cc1Cl. The number of sulfonamides is 1. The summed E-state index contributed by atoms with van der Waals surface area (Å²) in [5.41, 5.74) is 1.12. The topological polar surface area (TPSA) is 102 Å². The predicted octanol–water partition coefficient (Wildman–Crippen LogP) is 3.90. The van der Waals surface area contributed by atoms with Gasteiger partial charge in [0.25, 0.3) is 0 Å². The molecule has 11 heteroatoms. The van der Waals surface area contributed by atoms with E-state index in [-0.39, 0.29) is 23.0 Å². The standard InChI is InChI=1S/C27H27ClN2O7S/c1-3-36-23-14-13-20(15-21(23)28)38(33,34)29(16-19-9-5-4-6-10-19)18-26(31)30-17-25(27(32)35-2)37-24-12-8-7-11-22(24)30/h4-15,25H,3,16-18H2,1-2H3. The molecule has 1 amide bonds. The van der Waals surface area contributed by atoms with E-state index in [1.165, 1.54) is 30.2 Å². The summed E-state index contributed by atoms with van der Waals surface area (Å²) in [4.78, 5) is 27.2. The molecule has 1 heterocycles. The lowest BCUT2D eigenvalue weighted by atomic mass is 10.2. The summed E-state index contributed by atoms with van der Waals surface area (Å²) in [6.45, 7) is 1.48. The number of halogens is 1. The van der Waals surface area contributed by atoms with Crippen LogP contribution in [0.4, 0.5) is 5.69 Å². The average Bonchev–Trinajstić information content (AvgIpc) is 2.93. The number of anilines is 1. The van der Waals surface area contributed by atoms with Crippen molar-refractivity contribution in [3.63, 3.8) is 0 Å². The van der Waals surface area contributed by atoms with E-state index in [0.717, 1.165) is 4.31 Å². The molecule has 9 nitrogen and oxygen atoms in total. The van der Waals surface area contributed by atoms with Crippen LogP contribution in [0.3, 0.4) is 0 Å². The molecule has 0 spiro atoms. The Bertz CT molecular complexity index is 1420. The Morgan fingerprint density at radius 1 is 1.08 bits per heavy atom. The number of amides is 1. The van der Waals surface area contributed by atoms with Crippen molar-refractivity contribution in [1.82, 2.24) is 4.31 Å². The molecule has 4 rings (SSSR count). The van der Waals surface area contributed by atoms with Crippen molar-refractivity contribution >= 4 is 39.2 Å². The van der Waals surface area contributed by atoms with Crippen LogP contribution < -0.4 is 14.4 Å². The van der Waals surface area contributed by atoms with Crippen molar-refractivity contribution in [2.24, 2.45) is 0 Å². The number of carbonyl (C=O) groups excluding carboxylic acids is 2. The fourth-order valence-corrected chi connectivity index (χ4v) is 5.74. The molecule has 1 aliphatic heterocycles. The molecule has 1 aliphatic rings. The minimum atomic E-state index is -4.18. The number of esters is 1. The number of hydrogen-bond donors (Lipinski definition) is 0. The van der Waals surface area contributed by atoms with Crippen LogP contribution in [0.15, 0.2) is 77.7 Å². The first-order valence-electron chi connectivity index (χ1n) is 11.8. The maximum atomic E-state index is 13.8. The van der Waals surface area contributed by atoms with E-state index in [1.54, 1.807) is 55.5 Å². The number of carbonyl (C=O) groups is 2. The van der Waals surface area contributed by atoms with E-state index in [0.29, 0.717) is 29.4 Å². The smallest absolute Gasteiger partial charge is 0.348 e. The highest BCUT2D eigenvalue weighted by molar-refractivity contribution is 7.89. The molecule has 0 N–H and O–H groups in total. The summed E-state index contributed by atoms with van der Waals surface area (Å²) < 4.78 is 44.6. The number of fused-ring (bicyclic) bond motifs is 1. The van der Waals surface area contributed by atoms with Gasteiger partial charge in [0.1, 0.15) is 11.5 Å². The highest BCUT2D eigenvalue weighted by Gasteiger charge is 2.36. The number of nitrogens with zero attached hydrogens (tertiary/aromatic N) is 2. The van der Waals surface area contributed by atoms with Gasteiger partial charge >= 0.3 is 5.97 Å². The number of rotatable bonds is 9. The summed E-state index contributed by atoms with van der Waals surface area (Å²) in [5.74, 6) is -0.503. The summed E-state index contributed by atoms with van der Waals surface area (Å²) in [5, 5.41) is 0.141. The molecular weight excluding hydrogens is 532 g/mol. The zero-order valence-corrected chi connectivity index (χ0v) is 22.4. The summed E-state index contributed by atoms with van der Waals surface area (Å²) in [6, 6.07) is 19.9. The minimum Gasteiger partial charge on any atom is -0.492 e. The molecule has 0 saturated carbocycles. The van der Waals surface area contributed by atoms with Gasteiger partial charge < -0.3 is 19.1 Å². The zero-order valence-electron chi connectivity index (χ0n) is 20.9. The molecule has 0 fully saturated rings. The number of benzene rings is 3. The Hall–Kier alpha value is -3.60. The third-order valence-electron chi connectivity index (χ3n) is 5.89. The van der Waals surface area contributed by atoms with Gasteiger partial charge in [-0.2, -0.15) is 4.31 Å². The first-order valence-corrected chi connectivity index (χ1v) is 13.7. The normalized spacial score (nSPS) is 14.9. The number of hydrogen-bond acceptors (Lipinski definition) is 7. The Kier molecular flexibility index (Phi) is 8.55. The first kappa shape index (κ1) is 27.4. The van der Waals surface area contributed by atoms with Crippen LogP contribution in [0, 0.1) is 0 Å². The van der Waals surface area contributed by atoms with E-state index in [9.17, 15) is 18.0 Å². The van der Waals surface area contributed by atoms with E-state index in [1.807, 2.05) is 6.07 Å². The molecule has 1 atom stereocenters. The maximum absolute atomic E-state index is 13.8. The molecule has 1 unspecified atom stereocenters. The van der Waals surface area contributed by atoms with Crippen LogP contribution in [0.25, 0.3) is 0 Å². The summed E-state index contributed by atoms with van der Waals surface area (Å²) >= 11 is 6.28. The van der Waals surface area contributed by atoms with E-state index in [4.69, 9.17) is 25.8 Å². The zero-order chi connectivity index (χ0) is 27.3. The highest BCUT2D eigenvalue weighted by Crippen LogP contribution is 2.34. The first-order chi connectivity index (χ1) is 18.2. The molecular formula is C27H27ClN2O7S. The molecule has 3 aromatic rings. The fraction of sp³-hybridized carbons (Fsp3) is 0.259. The van der Waals surface area contributed by atoms with Gasteiger partial charge in [0.15, 0.2) is 0 Å². The molecule has 3 aromatic carbocycles. The summed E-state index contributed by atoms with van der Waals surface area (Å²) in [7, 11) is -2.95. The van der Waals surface area contributed by atoms with E-state index >= 15 is 0 Å². The molecule has 0 aliphatic carbocycles. The van der Waals surface area contributed by atoms with Crippen molar-refractivity contribution < 1.29 is 32.2 Å². The van der Waals surface area contributed by atoms with Crippen LogP contribution >= 0.6 is 11.6 Å². The van der Waals surface area contributed by atoms with Gasteiger partial charge in [0.05, 0.1) is 42.4 Å². The molecule has 0 aromatic heterocycles. The number of para-hydroxylation sites is 2. The van der Waals surface area contributed by atoms with E-state index in [2.05, 4.69) is 0 Å². The van der Waals surface area contributed by atoms with Crippen molar-refractivity contribution in [3.05, 3.63) is 83.4 Å². The second-order valence-corrected chi connectivity index (χ2v) is 10.7. The maximum Gasteiger partial charge on any atom is 0.348 e. The van der Waals surface area contributed by atoms with Gasteiger partial charge in [0.2, 0.25) is 22.0 Å². The number of methoxy groups -OCH3 is 1. The lowest BCUT2D eigenvalue weighted by Crippen LogP contribution is -2.50. The van der Waals surface area contributed by atoms with Crippen LogP contribution in [0.5, 0.6) is 11.5 Å². The molecule has 0 saturated heterocycles. The lowest BCUT2D eigenvalue weighted by Gasteiger charge is -2.34. The quantitative estimate of drug-likeness (QED) is 0.367. The van der Waals surface area contributed by atoms with Crippen molar-refractivity contribution in [3.8, 4) is 11.5 Å². The monoisotopic (exact) mass is 558 g/mol.